The molecule has 2 radical (unpaired) electrons. The van der Waals surface area contributed by atoms with Crippen LogP contribution in [0.1, 0.15) is 18.4 Å². The monoisotopic (exact) mass is 232 g/mol. The molecule has 0 bridgehead atoms. The molecule has 0 aliphatic heterocycles. The Hall–Kier alpha value is -1.82. The second kappa shape index (κ2) is 4.81. The van der Waals surface area contributed by atoms with Gasteiger partial charge in [-0.15, -0.1) is 0 Å². The van der Waals surface area contributed by atoms with Gasteiger partial charge in [-0.1, -0.05) is 61.9 Å². The molecule has 88 valence electrons. The van der Waals surface area contributed by atoms with E-state index in [-0.39, 0.29) is 0 Å². The third-order valence-corrected chi connectivity index (χ3v) is 3.37. The molecule has 0 saturated carbocycles. The van der Waals surface area contributed by atoms with E-state index in [1.165, 1.54) is 27.1 Å². The third kappa shape index (κ3) is 1.88. The lowest BCUT2D eigenvalue weighted by Crippen LogP contribution is -1.88. The van der Waals surface area contributed by atoms with Crippen molar-refractivity contribution in [2.75, 3.05) is 0 Å². The molecule has 0 heteroatoms. The Balaban J connectivity index is 2.34. The lowest BCUT2D eigenvalue weighted by Gasteiger charge is -2.10. The van der Waals surface area contributed by atoms with Crippen molar-refractivity contribution in [2.24, 2.45) is 0 Å². The minimum Gasteiger partial charge on any atom is -0.0616 e. The molecule has 0 heterocycles. The quantitative estimate of drug-likeness (QED) is 0.547. The Morgan fingerprint density at radius 1 is 0.833 bits per heavy atom. The molecule has 0 amide bonds. The van der Waals surface area contributed by atoms with Crippen LogP contribution in [-0.4, -0.2) is 0 Å². The molecule has 0 saturated heterocycles. The zero-order valence-corrected chi connectivity index (χ0v) is 10.4. The van der Waals surface area contributed by atoms with E-state index in [1.807, 2.05) is 0 Å². The maximum atomic E-state index is 3.93. The van der Waals surface area contributed by atoms with Gasteiger partial charge in [0.2, 0.25) is 0 Å². The van der Waals surface area contributed by atoms with Gasteiger partial charge >= 0.3 is 0 Å². The summed E-state index contributed by atoms with van der Waals surface area (Å²) in [6.07, 6.45) is 4.28. The topological polar surface area (TPSA) is 0 Å². The summed E-state index contributed by atoms with van der Waals surface area (Å²) < 4.78 is 0. The first-order valence-corrected chi connectivity index (χ1v) is 6.43. The van der Waals surface area contributed by atoms with Crippen LogP contribution in [0.4, 0.5) is 0 Å². The zero-order chi connectivity index (χ0) is 12.4. The van der Waals surface area contributed by atoms with Crippen molar-refractivity contribution in [1.82, 2.24) is 0 Å². The van der Waals surface area contributed by atoms with Crippen molar-refractivity contribution in [3.8, 4) is 0 Å². The van der Waals surface area contributed by atoms with Crippen molar-refractivity contribution >= 4 is 21.5 Å². The molecule has 0 fully saturated rings. The maximum absolute atomic E-state index is 3.93. The van der Waals surface area contributed by atoms with Crippen molar-refractivity contribution in [1.29, 1.82) is 0 Å². The molecule has 0 N–H and O–H groups in total. The Bertz CT molecular complexity index is 626. The highest BCUT2D eigenvalue weighted by Gasteiger charge is 2.06. The van der Waals surface area contributed by atoms with Gasteiger partial charge in [-0.05, 0) is 46.0 Å². The first-order chi connectivity index (χ1) is 8.90. The smallest absolute Gasteiger partial charge is 0.00803 e. The minimum atomic E-state index is 0.942. The highest BCUT2D eigenvalue weighted by molar-refractivity contribution is 6.03. The summed E-state index contributed by atoms with van der Waals surface area (Å²) in [5, 5.41) is 5.30. The Labute approximate surface area is 108 Å². The lowest BCUT2D eigenvalue weighted by molar-refractivity contribution is 0.995. The summed E-state index contributed by atoms with van der Waals surface area (Å²) >= 11 is 0. The van der Waals surface area contributed by atoms with Gasteiger partial charge in [0.05, 0.1) is 0 Å². The Morgan fingerprint density at radius 3 is 1.94 bits per heavy atom. The molecule has 0 aliphatic rings. The molecule has 0 aromatic heterocycles. The summed E-state index contributed by atoms with van der Waals surface area (Å²) in [6.45, 7) is 3.93. The number of rotatable bonds is 3. The minimum absolute atomic E-state index is 0.942. The van der Waals surface area contributed by atoms with Crippen LogP contribution in [0.5, 0.6) is 0 Å². The van der Waals surface area contributed by atoms with E-state index in [1.54, 1.807) is 0 Å². The van der Waals surface area contributed by atoms with Gasteiger partial charge in [-0.2, -0.15) is 0 Å². The van der Waals surface area contributed by atoms with E-state index in [0.29, 0.717) is 0 Å². The van der Waals surface area contributed by atoms with Crippen molar-refractivity contribution in [2.45, 2.75) is 12.8 Å². The summed E-state index contributed by atoms with van der Waals surface area (Å²) in [5.74, 6) is 0. The second-order valence-electron chi connectivity index (χ2n) is 4.58. The Morgan fingerprint density at radius 2 is 1.39 bits per heavy atom. The van der Waals surface area contributed by atoms with Gasteiger partial charge in [0, 0.05) is 0 Å². The zero-order valence-electron chi connectivity index (χ0n) is 10.4. The van der Waals surface area contributed by atoms with Crippen molar-refractivity contribution in [3.05, 3.63) is 73.5 Å². The summed E-state index contributed by atoms with van der Waals surface area (Å²) in [7, 11) is 0. The average Bonchev–Trinajstić information content (AvgIpc) is 2.43. The number of benzene rings is 3. The molecular formula is C18H16. The SMILES string of the molecule is [CH2]CC[CH]c1c2ccccc2cc2ccccc12. The number of hydrogen-bond acceptors (Lipinski definition) is 0. The van der Waals surface area contributed by atoms with E-state index in [0.717, 1.165) is 12.8 Å². The summed E-state index contributed by atoms with van der Waals surface area (Å²) in [6, 6.07) is 19.5. The molecule has 3 aromatic carbocycles. The lowest BCUT2D eigenvalue weighted by atomic mass is 9.94. The molecule has 0 unspecified atom stereocenters. The Kier molecular flexibility index (Phi) is 3.02. The largest absolute Gasteiger partial charge is 0.0616 e. The van der Waals surface area contributed by atoms with Gasteiger partial charge in [-0.25, -0.2) is 0 Å². The summed E-state index contributed by atoms with van der Waals surface area (Å²) in [5.41, 5.74) is 1.35. The number of hydrogen-bond donors (Lipinski definition) is 0. The van der Waals surface area contributed by atoms with Crippen LogP contribution in [0.2, 0.25) is 0 Å². The van der Waals surface area contributed by atoms with Gasteiger partial charge in [-0.3, -0.25) is 0 Å². The molecule has 18 heavy (non-hydrogen) atoms. The van der Waals surface area contributed by atoms with E-state index in [9.17, 15) is 0 Å². The van der Waals surface area contributed by atoms with Gasteiger partial charge in [0.15, 0.2) is 0 Å². The van der Waals surface area contributed by atoms with Gasteiger partial charge in [0.25, 0.3) is 0 Å². The van der Waals surface area contributed by atoms with Crippen molar-refractivity contribution < 1.29 is 0 Å². The molecule has 0 spiro atoms. The predicted molar refractivity (Wildman–Crippen MR) is 79.4 cm³/mol. The maximum Gasteiger partial charge on any atom is -0.00803 e. The fourth-order valence-corrected chi connectivity index (χ4v) is 2.52. The molecule has 3 rings (SSSR count). The van der Waals surface area contributed by atoms with Crippen LogP contribution in [0.3, 0.4) is 0 Å². The highest BCUT2D eigenvalue weighted by atomic mass is 14.1. The fraction of sp³-hybridized carbons (Fsp3) is 0.111. The van der Waals surface area contributed by atoms with E-state index < -0.39 is 0 Å². The van der Waals surface area contributed by atoms with E-state index in [2.05, 4.69) is 67.9 Å². The number of unbranched alkanes of at least 4 members (excludes halogenated alkanes) is 1. The fourth-order valence-electron chi connectivity index (χ4n) is 2.52. The molecule has 0 atom stereocenters. The van der Waals surface area contributed by atoms with Crippen LogP contribution in [0.25, 0.3) is 21.5 Å². The van der Waals surface area contributed by atoms with Gasteiger partial charge < -0.3 is 0 Å². The predicted octanol–water partition coefficient (Wildman–Crippen LogP) is 5.16. The molecule has 0 aliphatic carbocycles. The summed E-state index contributed by atoms with van der Waals surface area (Å²) in [4.78, 5) is 0. The average molecular weight is 232 g/mol. The van der Waals surface area contributed by atoms with Crippen LogP contribution >= 0.6 is 0 Å². The second-order valence-corrected chi connectivity index (χ2v) is 4.58. The van der Waals surface area contributed by atoms with Crippen molar-refractivity contribution in [3.63, 3.8) is 0 Å². The van der Waals surface area contributed by atoms with Crippen LogP contribution in [-0.2, 0) is 0 Å². The first-order valence-electron chi connectivity index (χ1n) is 6.43. The molecule has 0 nitrogen and oxygen atoms in total. The van der Waals surface area contributed by atoms with E-state index >= 15 is 0 Å². The van der Waals surface area contributed by atoms with Crippen LogP contribution in [0.15, 0.2) is 54.6 Å². The highest BCUT2D eigenvalue weighted by Crippen LogP contribution is 2.30. The molecular weight excluding hydrogens is 216 g/mol. The first kappa shape index (κ1) is 11.3. The van der Waals surface area contributed by atoms with Crippen LogP contribution < -0.4 is 0 Å². The standard InChI is InChI=1S/C18H16/c1-2-3-10-18-16-11-6-4-8-14(16)13-15-9-5-7-12-17(15)18/h4-13H,1-3H2. The third-order valence-electron chi connectivity index (χ3n) is 3.37. The number of fused-ring (bicyclic) bond motifs is 2. The van der Waals surface area contributed by atoms with E-state index in [4.69, 9.17) is 0 Å². The van der Waals surface area contributed by atoms with Crippen LogP contribution in [0, 0.1) is 13.3 Å². The molecule has 3 aromatic rings. The van der Waals surface area contributed by atoms with Gasteiger partial charge in [0.1, 0.15) is 0 Å². The normalized spacial score (nSPS) is 11.2.